The molecule has 0 atom stereocenters. The molecule has 35 heavy (non-hydrogen) atoms. The Hall–Kier alpha value is -3.78. The number of hydrogen-bond acceptors (Lipinski definition) is 5. The van der Waals surface area contributed by atoms with Crippen LogP contribution in [0.4, 0.5) is 10.1 Å². The van der Waals surface area contributed by atoms with E-state index in [1.165, 1.54) is 23.1 Å². The van der Waals surface area contributed by atoms with Crippen LogP contribution in [0.15, 0.2) is 60.9 Å². The number of pyridine rings is 1. The zero-order valence-electron chi connectivity index (χ0n) is 18.8. The molecule has 0 aliphatic carbocycles. The standard InChI is InChI=1S/C26H22ClFN4O3/c27-21-14-19(28)7-6-18(21)13-23(33)31-11-9-30(10-12-31)22-5-1-4-20-24(22)26(35)32(25(20)34)16-17-3-2-8-29-15-17/h1-8,14-15H,9-13,16H2. The van der Waals surface area contributed by atoms with Crippen molar-refractivity contribution in [2.45, 2.75) is 13.0 Å². The summed E-state index contributed by atoms with van der Waals surface area (Å²) < 4.78 is 13.3. The first kappa shape index (κ1) is 23.0. The molecule has 0 saturated carbocycles. The monoisotopic (exact) mass is 492 g/mol. The van der Waals surface area contributed by atoms with E-state index in [4.69, 9.17) is 11.6 Å². The van der Waals surface area contributed by atoms with Crippen LogP contribution in [0.1, 0.15) is 31.8 Å². The van der Waals surface area contributed by atoms with Crippen molar-refractivity contribution in [1.82, 2.24) is 14.8 Å². The lowest BCUT2D eigenvalue weighted by Crippen LogP contribution is -2.49. The maximum atomic E-state index is 13.3. The number of piperazine rings is 1. The molecule has 0 bridgehead atoms. The van der Waals surface area contributed by atoms with Crippen LogP contribution >= 0.6 is 11.6 Å². The van der Waals surface area contributed by atoms with Crippen molar-refractivity contribution < 1.29 is 18.8 Å². The normalized spacial score (nSPS) is 15.5. The second-order valence-corrected chi connectivity index (χ2v) is 8.94. The lowest BCUT2D eigenvalue weighted by atomic mass is 10.1. The van der Waals surface area contributed by atoms with E-state index in [-0.39, 0.29) is 35.7 Å². The topological polar surface area (TPSA) is 73.8 Å². The number of hydrogen-bond donors (Lipinski definition) is 0. The second kappa shape index (κ2) is 9.46. The van der Waals surface area contributed by atoms with Crippen molar-refractivity contribution in [3.05, 3.63) is 94.0 Å². The van der Waals surface area contributed by atoms with Gasteiger partial charge in [-0.15, -0.1) is 0 Å². The first-order chi connectivity index (χ1) is 16.9. The van der Waals surface area contributed by atoms with Gasteiger partial charge < -0.3 is 9.80 Å². The van der Waals surface area contributed by atoms with Gasteiger partial charge in [0.05, 0.1) is 29.8 Å². The van der Waals surface area contributed by atoms with E-state index in [9.17, 15) is 18.8 Å². The highest BCUT2D eigenvalue weighted by atomic mass is 35.5. The number of aromatic nitrogens is 1. The summed E-state index contributed by atoms with van der Waals surface area (Å²) in [7, 11) is 0. The highest BCUT2D eigenvalue weighted by Crippen LogP contribution is 2.33. The summed E-state index contributed by atoms with van der Waals surface area (Å²) >= 11 is 6.07. The summed E-state index contributed by atoms with van der Waals surface area (Å²) in [5, 5.41) is 0.232. The molecule has 1 aromatic heterocycles. The van der Waals surface area contributed by atoms with Crippen LogP contribution in [0.2, 0.25) is 5.02 Å². The lowest BCUT2D eigenvalue weighted by Gasteiger charge is -2.36. The van der Waals surface area contributed by atoms with Crippen LogP contribution in [-0.2, 0) is 17.8 Å². The quantitative estimate of drug-likeness (QED) is 0.509. The van der Waals surface area contributed by atoms with Gasteiger partial charge in [0, 0.05) is 43.6 Å². The van der Waals surface area contributed by atoms with Gasteiger partial charge in [0.25, 0.3) is 11.8 Å². The SMILES string of the molecule is O=C(Cc1ccc(F)cc1Cl)N1CCN(c2cccc3c2C(=O)N(Cc2cccnc2)C3=O)CC1. The van der Waals surface area contributed by atoms with E-state index in [0.717, 1.165) is 5.56 Å². The lowest BCUT2D eigenvalue weighted by molar-refractivity contribution is -0.130. The number of carbonyl (C=O) groups excluding carboxylic acids is 3. The molecule has 2 aliphatic rings. The van der Waals surface area contributed by atoms with Crippen molar-refractivity contribution in [2.24, 2.45) is 0 Å². The first-order valence-electron chi connectivity index (χ1n) is 11.3. The summed E-state index contributed by atoms with van der Waals surface area (Å²) in [5.74, 6) is -1.18. The Morgan fingerprint density at radius 3 is 2.51 bits per heavy atom. The zero-order chi connectivity index (χ0) is 24.5. The molecule has 0 N–H and O–H groups in total. The van der Waals surface area contributed by atoms with Gasteiger partial charge in [-0.3, -0.25) is 24.3 Å². The van der Waals surface area contributed by atoms with Crippen molar-refractivity contribution in [3.8, 4) is 0 Å². The average molecular weight is 493 g/mol. The van der Waals surface area contributed by atoms with Crippen LogP contribution in [0.5, 0.6) is 0 Å². The van der Waals surface area contributed by atoms with Gasteiger partial charge in [0.2, 0.25) is 5.91 Å². The number of imide groups is 1. The van der Waals surface area contributed by atoms with Gasteiger partial charge in [0.15, 0.2) is 0 Å². The highest BCUT2D eigenvalue weighted by Gasteiger charge is 2.39. The molecular weight excluding hydrogens is 471 g/mol. The molecule has 3 aromatic rings. The van der Waals surface area contributed by atoms with Crippen LogP contribution in [0.3, 0.4) is 0 Å². The number of halogens is 2. The van der Waals surface area contributed by atoms with Gasteiger partial charge in [-0.25, -0.2) is 4.39 Å². The Kier molecular flexibility index (Phi) is 6.21. The number of fused-ring (bicyclic) bond motifs is 1. The van der Waals surface area contributed by atoms with E-state index in [0.29, 0.717) is 48.6 Å². The molecule has 0 spiro atoms. The van der Waals surface area contributed by atoms with Crippen molar-refractivity contribution in [3.63, 3.8) is 0 Å². The molecule has 5 rings (SSSR count). The third-order valence-corrected chi connectivity index (χ3v) is 6.72. The van der Waals surface area contributed by atoms with Gasteiger partial charge >= 0.3 is 0 Å². The van der Waals surface area contributed by atoms with Gasteiger partial charge in [0.1, 0.15) is 5.82 Å². The number of amides is 3. The van der Waals surface area contributed by atoms with Crippen LogP contribution in [0, 0.1) is 5.82 Å². The Morgan fingerprint density at radius 2 is 1.80 bits per heavy atom. The smallest absolute Gasteiger partial charge is 0.263 e. The number of nitrogens with zero attached hydrogens (tertiary/aromatic N) is 4. The van der Waals surface area contributed by atoms with E-state index in [1.807, 2.05) is 17.0 Å². The highest BCUT2D eigenvalue weighted by molar-refractivity contribution is 6.31. The van der Waals surface area contributed by atoms with Crippen LogP contribution in [0.25, 0.3) is 0 Å². The largest absolute Gasteiger partial charge is 0.367 e. The van der Waals surface area contributed by atoms with Crippen molar-refractivity contribution in [1.29, 1.82) is 0 Å². The molecular formula is C26H22ClFN4O3. The van der Waals surface area contributed by atoms with E-state index >= 15 is 0 Å². The molecule has 1 saturated heterocycles. The third-order valence-electron chi connectivity index (χ3n) is 6.37. The van der Waals surface area contributed by atoms with Crippen LogP contribution < -0.4 is 4.90 Å². The average Bonchev–Trinajstić information content (AvgIpc) is 3.11. The molecule has 9 heteroatoms. The summed E-state index contributed by atoms with van der Waals surface area (Å²) in [5.41, 5.74) is 2.85. The fraction of sp³-hybridized carbons (Fsp3) is 0.231. The third kappa shape index (κ3) is 4.49. The van der Waals surface area contributed by atoms with Gasteiger partial charge in [-0.2, -0.15) is 0 Å². The molecule has 1 fully saturated rings. The summed E-state index contributed by atoms with van der Waals surface area (Å²) in [4.78, 5) is 48.1. The molecule has 3 amide bonds. The molecule has 2 aliphatic heterocycles. The molecule has 3 heterocycles. The van der Waals surface area contributed by atoms with E-state index in [1.54, 1.807) is 35.5 Å². The van der Waals surface area contributed by atoms with Crippen LogP contribution in [-0.4, -0.2) is 58.7 Å². The molecule has 0 radical (unpaired) electrons. The molecule has 0 unspecified atom stereocenters. The number of benzene rings is 2. The fourth-order valence-corrected chi connectivity index (χ4v) is 4.77. The van der Waals surface area contributed by atoms with Crippen molar-refractivity contribution in [2.75, 3.05) is 31.1 Å². The van der Waals surface area contributed by atoms with Gasteiger partial charge in [-0.1, -0.05) is 29.8 Å². The number of anilines is 1. The number of rotatable bonds is 5. The molecule has 178 valence electrons. The van der Waals surface area contributed by atoms with Crippen molar-refractivity contribution >= 4 is 35.0 Å². The number of carbonyl (C=O) groups is 3. The molecule has 2 aromatic carbocycles. The fourth-order valence-electron chi connectivity index (χ4n) is 4.53. The van der Waals surface area contributed by atoms with E-state index < -0.39 is 5.82 Å². The minimum absolute atomic E-state index is 0.0923. The van der Waals surface area contributed by atoms with E-state index in [2.05, 4.69) is 4.98 Å². The Labute approximate surface area is 206 Å². The second-order valence-electron chi connectivity index (χ2n) is 8.54. The minimum atomic E-state index is -0.442. The Balaban J connectivity index is 1.28. The predicted molar refractivity (Wildman–Crippen MR) is 129 cm³/mol. The Morgan fingerprint density at radius 1 is 1.00 bits per heavy atom. The molecule has 7 nitrogen and oxygen atoms in total. The summed E-state index contributed by atoms with van der Waals surface area (Å²) in [6.07, 6.45) is 3.37. The Bertz CT molecular complexity index is 1310. The first-order valence-corrected chi connectivity index (χ1v) is 11.6. The summed E-state index contributed by atoms with van der Waals surface area (Å²) in [6.45, 7) is 2.12. The maximum Gasteiger partial charge on any atom is 0.263 e. The minimum Gasteiger partial charge on any atom is -0.367 e. The maximum absolute atomic E-state index is 13.3. The predicted octanol–water partition coefficient (Wildman–Crippen LogP) is 3.56. The summed E-state index contributed by atoms with van der Waals surface area (Å²) in [6, 6.07) is 12.9. The zero-order valence-corrected chi connectivity index (χ0v) is 19.5. The van der Waals surface area contributed by atoms with Gasteiger partial charge in [-0.05, 0) is 41.5 Å².